The first-order chi connectivity index (χ1) is 8.55. The van der Waals surface area contributed by atoms with E-state index in [1.54, 1.807) is 0 Å². The molecule has 7 nitrogen and oxygen atoms in total. The number of nitrogens with zero attached hydrogens (tertiary/aromatic N) is 3. The summed E-state index contributed by atoms with van der Waals surface area (Å²) in [5.41, 5.74) is -0.140. The molecule has 1 aromatic rings. The molecule has 0 aliphatic heterocycles. The molecule has 0 spiro atoms. The summed E-state index contributed by atoms with van der Waals surface area (Å²) in [6.45, 7) is 9.34. The molecule has 0 radical (unpaired) electrons. The Morgan fingerprint density at radius 1 is 1.47 bits per heavy atom. The van der Waals surface area contributed by atoms with Crippen molar-refractivity contribution in [3.63, 3.8) is 0 Å². The second-order valence-corrected chi connectivity index (χ2v) is 5.72. The van der Waals surface area contributed by atoms with Crippen molar-refractivity contribution in [3.8, 4) is 0 Å². The number of aromatic nitrogens is 2. The summed E-state index contributed by atoms with van der Waals surface area (Å²) < 4.78 is 1.25. The standard InChI is InChI=1S/C12H20N4O3/c1-7-9(16(18)19)10(15(6)14-7)11(17)13-8(2)12(3,4)5/h8H,1-6H3,(H,13,17). The van der Waals surface area contributed by atoms with Crippen LogP contribution >= 0.6 is 0 Å². The van der Waals surface area contributed by atoms with Crippen molar-refractivity contribution in [3.05, 3.63) is 21.5 Å². The number of hydrogen-bond donors (Lipinski definition) is 1. The quantitative estimate of drug-likeness (QED) is 0.668. The molecular weight excluding hydrogens is 248 g/mol. The lowest BCUT2D eigenvalue weighted by atomic mass is 9.88. The van der Waals surface area contributed by atoms with Gasteiger partial charge in [-0.3, -0.25) is 19.6 Å². The fraction of sp³-hybridized carbons (Fsp3) is 0.667. The van der Waals surface area contributed by atoms with Crippen LogP contribution in [0.4, 0.5) is 5.69 Å². The second-order valence-electron chi connectivity index (χ2n) is 5.72. The molecule has 0 bridgehead atoms. The smallest absolute Gasteiger partial charge is 0.322 e. The largest absolute Gasteiger partial charge is 0.348 e. The van der Waals surface area contributed by atoms with Gasteiger partial charge in [-0.2, -0.15) is 5.10 Å². The maximum atomic E-state index is 12.2. The Morgan fingerprint density at radius 3 is 2.42 bits per heavy atom. The lowest BCUT2D eigenvalue weighted by molar-refractivity contribution is -0.385. The van der Waals surface area contributed by atoms with Crippen LogP contribution in [0.25, 0.3) is 0 Å². The number of hydrogen-bond acceptors (Lipinski definition) is 4. The third-order valence-corrected chi connectivity index (χ3v) is 3.23. The van der Waals surface area contributed by atoms with E-state index in [-0.39, 0.29) is 28.5 Å². The molecule has 19 heavy (non-hydrogen) atoms. The molecule has 1 rings (SSSR count). The van der Waals surface area contributed by atoms with Crippen molar-refractivity contribution in [2.24, 2.45) is 12.5 Å². The zero-order valence-electron chi connectivity index (χ0n) is 12.1. The topological polar surface area (TPSA) is 90.1 Å². The van der Waals surface area contributed by atoms with Gasteiger partial charge in [0, 0.05) is 13.1 Å². The van der Waals surface area contributed by atoms with Crippen molar-refractivity contribution in [1.82, 2.24) is 15.1 Å². The number of carbonyl (C=O) groups excluding carboxylic acids is 1. The molecule has 0 saturated heterocycles. The maximum Gasteiger partial charge on any atom is 0.322 e. The summed E-state index contributed by atoms with van der Waals surface area (Å²) in [5, 5.41) is 17.7. The van der Waals surface area contributed by atoms with Crippen molar-refractivity contribution >= 4 is 11.6 Å². The van der Waals surface area contributed by atoms with E-state index in [1.807, 2.05) is 27.7 Å². The number of rotatable bonds is 3. The second kappa shape index (κ2) is 4.99. The Labute approximate surface area is 112 Å². The van der Waals surface area contributed by atoms with Gasteiger partial charge in [-0.1, -0.05) is 20.8 Å². The van der Waals surface area contributed by atoms with Crippen LogP contribution < -0.4 is 5.32 Å². The highest BCUT2D eigenvalue weighted by molar-refractivity contribution is 5.97. The Morgan fingerprint density at radius 2 is 2.00 bits per heavy atom. The van der Waals surface area contributed by atoms with E-state index in [9.17, 15) is 14.9 Å². The summed E-state index contributed by atoms with van der Waals surface area (Å²) in [7, 11) is 1.52. The number of nitrogens with one attached hydrogen (secondary N) is 1. The molecule has 0 aliphatic carbocycles. The third-order valence-electron chi connectivity index (χ3n) is 3.23. The Balaban J connectivity index is 3.11. The SMILES string of the molecule is Cc1nn(C)c(C(=O)NC(C)C(C)(C)C)c1[N+](=O)[O-]. The van der Waals surface area contributed by atoms with E-state index >= 15 is 0 Å². The number of aryl methyl sites for hydroxylation is 2. The molecule has 0 fully saturated rings. The monoisotopic (exact) mass is 268 g/mol. The number of nitro groups is 1. The normalized spacial score (nSPS) is 13.2. The van der Waals surface area contributed by atoms with Gasteiger partial charge in [-0.25, -0.2) is 0 Å². The first-order valence-electron chi connectivity index (χ1n) is 6.04. The van der Waals surface area contributed by atoms with Crippen molar-refractivity contribution < 1.29 is 9.72 Å². The molecule has 1 unspecified atom stereocenters. The van der Waals surface area contributed by atoms with Crippen LogP contribution in [0, 0.1) is 22.5 Å². The van der Waals surface area contributed by atoms with E-state index in [0.717, 1.165) is 0 Å². The fourth-order valence-electron chi connectivity index (χ4n) is 1.60. The average molecular weight is 268 g/mol. The van der Waals surface area contributed by atoms with E-state index < -0.39 is 10.8 Å². The van der Waals surface area contributed by atoms with Crippen molar-refractivity contribution in [2.45, 2.75) is 40.7 Å². The van der Waals surface area contributed by atoms with E-state index in [1.165, 1.54) is 18.7 Å². The highest BCUT2D eigenvalue weighted by Gasteiger charge is 2.31. The molecule has 1 aromatic heterocycles. The summed E-state index contributed by atoms with van der Waals surface area (Å²) in [6.07, 6.45) is 0. The van der Waals surface area contributed by atoms with Gasteiger partial charge in [0.25, 0.3) is 5.91 Å². The zero-order valence-corrected chi connectivity index (χ0v) is 12.1. The van der Waals surface area contributed by atoms with Gasteiger partial charge >= 0.3 is 5.69 Å². The lowest BCUT2D eigenvalue weighted by Gasteiger charge is -2.27. The van der Waals surface area contributed by atoms with Gasteiger partial charge in [0.15, 0.2) is 0 Å². The molecule has 106 valence electrons. The summed E-state index contributed by atoms with van der Waals surface area (Å²) in [6, 6.07) is -0.116. The van der Waals surface area contributed by atoms with Gasteiger partial charge in [0.1, 0.15) is 5.69 Å². The minimum atomic E-state index is -0.570. The van der Waals surface area contributed by atoms with Crippen LogP contribution in [-0.4, -0.2) is 26.7 Å². The van der Waals surface area contributed by atoms with E-state index in [2.05, 4.69) is 10.4 Å². The molecule has 1 atom stereocenters. The molecule has 0 aliphatic rings. The Kier molecular flexibility index (Phi) is 3.97. The van der Waals surface area contributed by atoms with Crippen LogP contribution in [0.15, 0.2) is 0 Å². The van der Waals surface area contributed by atoms with Crippen molar-refractivity contribution in [2.75, 3.05) is 0 Å². The van der Waals surface area contributed by atoms with Crippen molar-refractivity contribution in [1.29, 1.82) is 0 Å². The predicted octanol–water partition coefficient (Wildman–Crippen LogP) is 1.80. The van der Waals surface area contributed by atoms with Gasteiger partial charge in [-0.15, -0.1) is 0 Å². The van der Waals surface area contributed by atoms with Crippen LogP contribution in [0.3, 0.4) is 0 Å². The summed E-state index contributed by atoms with van der Waals surface area (Å²) in [4.78, 5) is 22.6. The fourth-order valence-corrected chi connectivity index (χ4v) is 1.60. The van der Waals surface area contributed by atoms with Gasteiger partial charge in [0.05, 0.1) is 4.92 Å². The molecular formula is C12H20N4O3. The molecule has 1 heterocycles. The Hall–Kier alpha value is -1.92. The zero-order chi connectivity index (χ0) is 15.0. The molecule has 0 saturated carbocycles. The lowest BCUT2D eigenvalue weighted by Crippen LogP contribution is -2.42. The first-order valence-corrected chi connectivity index (χ1v) is 6.04. The van der Waals surface area contributed by atoms with Crippen LogP contribution in [0.5, 0.6) is 0 Å². The van der Waals surface area contributed by atoms with Crippen LogP contribution in [-0.2, 0) is 7.05 Å². The van der Waals surface area contributed by atoms with Gasteiger partial charge < -0.3 is 5.32 Å². The van der Waals surface area contributed by atoms with Gasteiger partial charge in [0.2, 0.25) is 5.69 Å². The van der Waals surface area contributed by atoms with E-state index in [0.29, 0.717) is 0 Å². The molecule has 1 N–H and O–H groups in total. The highest BCUT2D eigenvalue weighted by atomic mass is 16.6. The molecule has 0 aromatic carbocycles. The maximum absolute atomic E-state index is 12.2. The summed E-state index contributed by atoms with van der Waals surface area (Å²) in [5.74, 6) is -0.475. The van der Waals surface area contributed by atoms with E-state index in [4.69, 9.17) is 0 Å². The Bertz CT molecular complexity index is 514. The number of amides is 1. The third kappa shape index (κ3) is 3.10. The van der Waals surface area contributed by atoms with Crippen LogP contribution in [0.1, 0.15) is 43.9 Å². The predicted molar refractivity (Wildman–Crippen MR) is 71.0 cm³/mol. The molecule has 7 heteroatoms. The first kappa shape index (κ1) is 15.1. The summed E-state index contributed by atoms with van der Waals surface area (Å²) >= 11 is 0. The number of carbonyl (C=O) groups is 1. The average Bonchev–Trinajstić information content (AvgIpc) is 2.51. The molecule has 1 amide bonds. The van der Waals surface area contributed by atoms with Gasteiger partial charge in [-0.05, 0) is 19.3 Å². The minimum Gasteiger partial charge on any atom is -0.348 e. The van der Waals surface area contributed by atoms with Crippen LogP contribution in [0.2, 0.25) is 0 Å². The highest BCUT2D eigenvalue weighted by Crippen LogP contribution is 2.24. The minimum absolute atomic E-state index is 0.0152.